The summed E-state index contributed by atoms with van der Waals surface area (Å²) >= 11 is 1.27. The fraction of sp³-hybridized carbons (Fsp3) is 0.200. The molecule has 0 radical (unpaired) electrons. The number of aliphatic carboxylic acids is 1. The van der Waals surface area contributed by atoms with Crippen LogP contribution in [0.15, 0.2) is 16.1 Å². The van der Waals surface area contributed by atoms with E-state index in [1.54, 1.807) is 5.38 Å². The van der Waals surface area contributed by atoms with Crippen molar-refractivity contribution in [3.05, 3.63) is 22.3 Å². The molecule has 0 unspecified atom stereocenters. The molecule has 1 atom stereocenters. The zero-order valence-electron chi connectivity index (χ0n) is 9.03. The monoisotopic (exact) mass is 264 g/mol. The summed E-state index contributed by atoms with van der Waals surface area (Å²) in [5.74, 6) is -0.840. The van der Waals surface area contributed by atoms with Crippen LogP contribution in [-0.4, -0.2) is 27.1 Å². The molecular weight excluding hydrogens is 256 g/mol. The van der Waals surface area contributed by atoms with Gasteiger partial charge < -0.3 is 15.3 Å². The summed E-state index contributed by atoms with van der Waals surface area (Å²) in [7, 11) is 0. The molecule has 0 fully saturated rings. The molecule has 7 nitrogen and oxygen atoms in total. The average Bonchev–Trinajstić information content (AvgIpc) is 2.96. The fourth-order valence-electron chi connectivity index (χ4n) is 1.22. The second-order valence-electron chi connectivity index (χ2n) is 3.43. The predicted molar refractivity (Wildman–Crippen MR) is 61.6 cm³/mol. The lowest BCUT2D eigenvalue weighted by atomic mass is 10.2. The van der Waals surface area contributed by atoms with Crippen LogP contribution in [-0.2, 0) is 11.2 Å². The van der Waals surface area contributed by atoms with E-state index in [0.717, 1.165) is 0 Å². The molecular formula is C10H8N4O3S. The Balaban J connectivity index is 2.15. The van der Waals surface area contributed by atoms with Crippen molar-refractivity contribution in [2.45, 2.75) is 12.5 Å². The maximum Gasteiger partial charge on any atom is 0.320 e. The van der Waals surface area contributed by atoms with Gasteiger partial charge in [-0.05, 0) is 0 Å². The summed E-state index contributed by atoms with van der Waals surface area (Å²) in [5.41, 5.74) is 6.04. The predicted octanol–water partition coefficient (Wildman–Crippen LogP) is 0.624. The molecule has 0 aliphatic heterocycles. The van der Waals surface area contributed by atoms with Gasteiger partial charge in [-0.25, -0.2) is 4.98 Å². The number of nitriles is 1. The first-order chi connectivity index (χ1) is 8.60. The van der Waals surface area contributed by atoms with Crippen molar-refractivity contribution < 1.29 is 14.3 Å². The second kappa shape index (κ2) is 4.95. The summed E-state index contributed by atoms with van der Waals surface area (Å²) in [4.78, 5) is 18.7. The molecule has 0 aliphatic rings. The largest absolute Gasteiger partial charge is 0.480 e. The highest BCUT2D eigenvalue weighted by Gasteiger charge is 2.16. The maximum atomic E-state index is 10.6. The summed E-state index contributed by atoms with van der Waals surface area (Å²) in [5, 5.41) is 19.6. The highest BCUT2D eigenvalue weighted by molar-refractivity contribution is 7.09. The average molecular weight is 264 g/mol. The number of rotatable bonds is 4. The van der Waals surface area contributed by atoms with Crippen molar-refractivity contribution >= 4 is 17.3 Å². The van der Waals surface area contributed by atoms with Crippen LogP contribution >= 0.6 is 11.3 Å². The van der Waals surface area contributed by atoms with Gasteiger partial charge in [-0.3, -0.25) is 4.79 Å². The lowest BCUT2D eigenvalue weighted by molar-refractivity contribution is -0.138. The van der Waals surface area contributed by atoms with Gasteiger partial charge in [0.2, 0.25) is 5.89 Å². The minimum absolute atomic E-state index is 0.145. The Morgan fingerprint density at radius 3 is 3.06 bits per heavy atom. The van der Waals surface area contributed by atoms with Gasteiger partial charge >= 0.3 is 5.97 Å². The van der Waals surface area contributed by atoms with Gasteiger partial charge in [0.25, 0.3) is 0 Å². The van der Waals surface area contributed by atoms with Gasteiger partial charge in [0.1, 0.15) is 24.1 Å². The minimum Gasteiger partial charge on any atom is -0.480 e. The molecule has 2 rings (SSSR count). The third-order valence-corrected chi connectivity index (χ3v) is 2.97. The SMILES string of the molecule is N#Cc1coc(-c2csc(C[C@H](N)C(=O)O)n2)n1. The third kappa shape index (κ3) is 2.53. The van der Waals surface area contributed by atoms with Crippen molar-refractivity contribution in [1.82, 2.24) is 9.97 Å². The second-order valence-corrected chi connectivity index (χ2v) is 4.37. The van der Waals surface area contributed by atoms with Crippen LogP contribution in [0.3, 0.4) is 0 Å². The molecule has 2 aromatic heterocycles. The molecule has 0 saturated heterocycles. The molecule has 8 heteroatoms. The van der Waals surface area contributed by atoms with E-state index >= 15 is 0 Å². The normalized spacial score (nSPS) is 12.0. The first-order valence-corrected chi connectivity index (χ1v) is 5.77. The Kier molecular flexibility index (Phi) is 3.36. The third-order valence-electron chi connectivity index (χ3n) is 2.10. The van der Waals surface area contributed by atoms with E-state index in [2.05, 4.69) is 9.97 Å². The number of hydrogen-bond donors (Lipinski definition) is 2. The summed E-state index contributed by atoms with van der Waals surface area (Å²) in [6, 6.07) is 0.861. The number of nitrogens with zero attached hydrogens (tertiary/aromatic N) is 3. The number of hydrogen-bond acceptors (Lipinski definition) is 7. The van der Waals surface area contributed by atoms with E-state index in [4.69, 9.17) is 20.5 Å². The fourth-order valence-corrected chi connectivity index (χ4v) is 2.05. The molecule has 0 aliphatic carbocycles. The highest BCUT2D eigenvalue weighted by atomic mass is 32.1. The number of thiazole rings is 1. The molecule has 0 aromatic carbocycles. The van der Waals surface area contributed by atoms with Gasteiger partial charge in [0.15, 0.2) is 5.69 Å². The van der Waals surface area contributed by atoms with E-state index < -0.39 is 12.0 Å². The maximum absolute atomic E-state index is 10.6. The topological polar surface area (TPSA) is 126 Å². The molecule has 3 N–H and O–H groups in total. The lowest BCUT2D eigenvalue weighted by Crippen LogP contribution is -2.32. The smallest absolute Gasteiger partial charge is 0.320 e. The first-order valence-electron chi connectivity index (χ1n) is 4.89. The van der Waals surface area contributed by atoms with Crippen LogP contribution in [0.4, 0.5) is 0 Å². The van der Waals surface area contributed by atoms with Crippen LogP contribution in [0.25, 0.3) is 11.6 Å². The Labute approximate surface area is 106 Å². The van der Waals surface area contributed by atoms with Crippen molar-refractivity contribution in [3.63, 3.8) is 0 Å². The molecule has 0 saturated carbocycles. The molecule has 0 amide bonds. The van der Waals surface area contributed by atoms with Crippen LogP contribution in [0.1, 0.15) is 10.7 Å². The summed E-state index contributed by atoms with van der Waals surface area (Å²) in [6.45, 7) is 0. The van der Waals surface area contributed by atoms with Crippen LogP contribution in [0, 0.1) is 11.3 Å². The molecule has 0 spiro atoms. The molecule has 0 bridgehead atoms. The number of carboxylic acid groups (broad SMARTS) is 1. The lowest BCUT2D eigenvalue weighted by Gasteiger charge is -2.01. The first kappa shape index (κ1) is 12.2. The van der Waals surface area contributed by atoms with Gasteiger partial charge in [-0.15, -0.1) is 11.3 Å². The summed E-state index contributed by atoms with van der Waals surface area (Å²) < 4.78 is 5.07. The van der Waals surface area contributed by atoms with Crippen molar-refractivity contribution in [3.8, 4) is 17.7 Å². The van der Waals surface area contributed by atoms with Crippen molar-refractivity contribution in [1.29, 1.82) is 5.26 Å². The number of aromatic nitrogens is 2. The van der Waals surface area contributed by atoms with Gasteiger partial charge in [-0.1, -0.05) is 0 Å². The molecule has 2 heterocycles. The van der Waals surface area contributed by atoms with Crippen LogP contribution in [0.5, 0.6) is 0 Å². The molecule has 18 heavy (non-hydrogen) atoms. The zero-order chi connectivity index (χ0) is 13.1. The van der Waals surface area contributed by atoms with Crippen LogP contribution < -0.4 is 5.73 Å². The van der Waals surface area contributed by atoms with Crippen molar-refractivity contribution in [2.24, 2.45) is 5.73 Å². The number of oxazole rings is 1. The summed E-state index contributed by atoms with van der Waals surface area (Å²) in [6.07, 6.45) is 1.38. The number of carbonyl (C=O) groups is 1. The highest BCUT2D eigenvalue weighted by Crippen LogP contribution is 2.21. The van der Waals surface area contributed by atoms with E-state index in [1.165, 1.54) is 17.6 Å². The zero-order valence-corrected chi connectivity index (χ0v) is 9.85. The Morgan fingerprint density at radius 1 is 1.67 bits per heavy atom. The minimum atomic E-state index is -1.07. The van der Waals surface area contributed by atoms with E-state index in [9.17, 15) is 4.79 Å². The Hall–Kier alpha value is -2.24. The molecule has 2 aromatic rings. The quantitative estimate of drug-likeness (QED) is 0.828. The van der Waals surface area contributed by atoms with Crippen LogP contribution in [0.2, 0.25) is 0 Å². The van der Waals surface area contributed by atoms with E-state index in [1.807, 2.05) is 6.07 Å². The van der Waals surface area contributed by atoms with Gasteiger partial charge in [0, 0.05) is 11.8 Å². The Bertz CT molecular complexity index is 613. The number of nitrogens with two attached hydrogens (primary N) is 1. The van der Waals surface area contributed by atoms with E-state index in [0.29, 0.717) is 10.7 Å². The van der Waals surface area contributed by atoms with Gasteiger partial charge in [0.05, 0.1) is 5.01 Å². The number of carboxylic acids is 1. The molecule has 92 valence electrons. The van der Waals surface area contributed by atoms with Crippen molar-refractivity contribution in [2.75, 3.05) is 0 Å². The van der Waals surface area contributed by atoms with E-state index in [-0.39, 0.29) is 18.0 Å². The standard InChI is InChI=1S/C10H8N4O3S/c11-2-5-3-17-9(13-5)7-4-18-8(14-7)1-6(12)10(15)16/h3-4,6H,1,12H2,(H,15,16)/t6-/m0/s1. The van der Waals surface area contributed by atoms with Gasteiger partial charge in [-0.2, -0.15) is 10.2 Å². The Morgan fingerprint density at radius 2 is 2.44 bits per heavy atom.